The Hall–Kier alpha value is -0.160. The highest BCUT2D eigenvalue weighted by molar-refractivity contribution is 5.11. The van der Waals surface area contributed by atoms with Gasteiger partial charge in [-0.05, 0) is 118 Å². The van der Waals surface area contributed by atoms with E-state index in [1.807, 2.05) is 13.8 Å². The van der Waals surface area contributed by atoms with Crippen molar-refractivity contribution in [3.63, 3.8) is 0 Å². The van der Waals surface area contributed by atoms with Crippen molar-refractivity contribution < 1.29 is 19.7 Å². The molecule has 208 valence electrons. The van der Waals surface area contributed by atoms with Crippen LogP contribution in [0.4, 0.5) is 0 Å². The average molecular weight is 505 g/mol. The highest BCUT2D eigenvalue weighted by Crippen LogP contribution is 2.68. The third-order valence-electron chi connectivity index (χ3n) is 12.5. The Bertz CT molecular complexity index is 771. The van der Waals surface area contributed by atoms with Crippen molar-refractivity contribution >= 4 is 0 Å². The lowest BCUT2D eigenvalue weighted by atomic mass is 9.44. The van der Waals surface area contributed by atoms with E-state index >= 15 is 0 Å². The normalized spacial score (nSPS) is 46.8. The summed E-state index contributed by atoms with van der Waals surface area (Å²) in [4.78, 5) is 0. The molecule has 4 nitrogen and oxygen atoms in total. The summed E-state index contributed by atoms with van der Waals surface area (Å²) in [6, 6.07) is 0. The lowest BCUT2D eigenvalue weighted by molar-refractivity contribution is -0.207. The summed E-state index contributed by atoms with van der Waals surface area (Å²) in [5.74, 6) is 4.46. The minimum absolute atomic E-state index is 0.00603. The second-order valence-corrected chi connectivity index (χ2v) is 15.7. The van der Waals surface area contributed by atoms with Crippen LogP contribution in [0.5, 0.6) is 0 Å². The highest BCUT2D eigenvalue weighted by Gasteiger charge is 2.62. The van der Waals surface area contributed by atoms with E-state index < -0.39 is 5.60 Å². The van der Waals surface area contributed by atoms with E-state index in [0.717, 1.165) is 68.7 Å². The van der Waals surface area contributed by atoms with Gasteiger partial charge in [0.25, 0.3) is 0 Å². The minimum Gasteiger partial charge on any atom is -0.390 e. The first-order valence-corrected chi connectivity index (χ1v) is 15.5. The van der Waals surface area contributed by atoms with Gasteiger partial charge in [0.05, 0.1) is 37.6 Å². The van der Waals surface area contributed by atoms with Crippen molar-refractivity contribution in [2.45, 2.75) is 130 Å². The number of aliphatic hydroxyl groups excluding tert-OH is 1. The molecule has 0 unspecified atom stereocenters. The summed E-state index contributed by atoms with van der Waals surface area (Å²) >= 11 is 0. The Balaban J connectivity index is 1.23. The molecular formula is C32H56O4. The quantitative estimate of drug-likeness (QED) is 0.390. The molecule has 0 bridgehead atoms. The molecule has 2 N–H and O–H groups in total. The van der Waals surface area contributed by atoms with Gasteiger partial charge in [0, 0.05) is 5.41 Å². The first-order valence-electron chi connectivity index (χ1n) is 15.5. The van der Waals surface area contributed by atoms with Gasteiger partial charge in [0.1, 0.15) is 0 Å². The van der Waals surface area contributed by atoms with E-state index in [1.165, 1.54) is 51.4 Å². The molecule has 0 spiro atoms. The van der Waals surface area contributed by atoms with E-state index in [-0.39, 0.29) is 23.0 Å². The summed E-state index contributed by atoms with van der Waals surface area (Å²) < 4.78 is 11.8. The number of aliphatic hydroxyl groups is 2. The van der Waals surface area contributed by atoms with E-state index in [9.17, 15) is 10.2 Å². The molecule has 4 aliphatic carbocycles. The number of ether oxygens (including phenoxy) is 2. The van der Waals surface area contributed by atoms with Gasteiger partial charge in [-0.15, -0.1) is 0 Å². The first-order chi connectivity index (χ1) is 16.9. The minimum atomic E-state index is -0.536. The van der Waals surface area contributed by atoms with Crippen LogP contribution in [0.3, 0.4) is 0 Å². The smallest absolute Gasteiger partial charge is 0.0837 e. The summed E-state index contributed by atoms with van der Waals surface area (Å²) in [5, 5.41) is 21.7. The molecule has 0 radical (unpaired) electrons. The van der Waals surface area contributed by atoms with Crippen LogP contribution in [0.1, 0.15) is 112 Å². The van der Waals surface area contributed by atoms with Crippen molar-refractivity contribution in [2.75, 3.05) is 19.8 Å². The van der Waals surface area contributed by atoms with Crippen molar-refractivity contribution in [1.29, 1.82) is 0 Å². The molecule has 1 aliphatic heterocycles. The Morgan fingerprint density at radius 2 is 1.58 bits per heavy atom. The maximum atomic E-state index is 11.5. The molecule has 4 saturated carbocycles. The Labute approximate surface area is 221 Å². The molecule has 0 amide bonds. The van der Waals surface area contributed by atoms with Crippen molar-refractivity contribution in [2.24, 2.45) is 51.8 Å². The fourth-order valence-corrected chi connectivity index (χ4v) is 10.4. The van der Waals surface area contributed by atoms with Crippen LogP contribution >= 0.6 is 0 Å². The number of hydrogen-bond donors (Lipinski definition) is 2. The molecule has 10 atom stereocenters. The van der Waals surface area contributed by atoms with Gasteiger partial charge in [-0.25, -0.2) is 0 Å². The zero-order chi connectivity index (χ0) is 25.9. The first kappa shape index (κ1) is 27.4. The lowest BCUT2D eigenvalue weighted by Gasteiger charge is -2.62. The maximum Gasteiger partial charge on any atom is 0.0837 e. The molecule has 1 saturated heterocycles. The lowest BCUT2D eigenvalue weighted by Crippen LogP contribution is -2.59. The van der Waals surface area contributed by atoms with Gasteiger partial charge in [-0.3, -0.25) is 0 Å². The summed E-state index contributed by atoms with van der Waals surface area (Å²) in [5.41, 5.74) is 0.365. The second-order valence-electron chi connectivity index (χ2n) is 15.7. The second kappa shape index (κ2) is 9.79. The monoisotopic (exact) mass is 504 g/mol. The number of hydrogen-bond acceptors (Lipinski definition) is 4. The largest absolute Gasteiger partial charge is 0.390 e. The molecular weight excluding hydrogens is 448 g/mol. The third kappa shape index (κ3) is 4.84. The standard InChI is InChI=1S/C32H56O4/c1-21(8-7-15-29(2,3)34)23-11-12-24-22-9-10-26-28(33)27(36-20-30(4)18-35-19-30)14-17-32(26,6)25(22)13-16-31(23,24)5/h21-28,33-34H,7-20H2,1-6H3/t21-,22+,23-,24+,25+,26+,27+,28-,31-,32-/m1/s1. The fraction of sp³-hybridized carbons (Fsp3) is 1.00. The molecule has 5 aliphatic rings. The van der Waals surface area contributed by atoms with Crippen LogP contribution < -0.4 is 0 Å². The zero-order valence-electron chi connectivity index (χ0n) is 24.2. The highest BCUT2D eigenvalue weighted by atomic mass is 16.5. The van der Waals surface area contributed by atoms with Crippen LogP contribution in [0.25, 0.3) is 0 Å². The van der Waals surface area contributed by atoms with Crippen LogP contribution in [0.15, 0.2) is 0 Å². The van der Waals surface area contributed by atoms with E-state index in [1.54, 1.807) is 0 Å². The van der Waals surface area contributed by atoms with E-state index in [2.05, 4.69) is 27.7 Å². The molecule has 5 fully saturated rings. The van der Waals surface area contributed by atoms with E-state index in [0.29, 0.717) is 11.3 Å². The van der Waals surface area contributed by atoms with Gasteiger partial charge in [-0.1, -0.05) is 40.5 Å². The Kier molecular flexibility index (Phi) is 7.45. The van der Waals surface area contributed by atoms with Gasteiger partial charge in [-0.2, -0.15) is 0 Å². The molecule has 0 aromatic rings. The van der Waals surface area contributed by atoms with E-state index in [4.69, 9.17) is 9.47 Å². The van der Waals surface area contributed by atoms with Crippen LogP contribution in [-0.2, 0) is 9.47 Å². The Morgan fingerprint density at radius 1 is 0.917 bits per heavy atom. The van der Waals surface area contributed by atoms with Crippen LogP contribution in [-0.4, -0.2) is 47.8 Å². The van der Waals surface area contributed by atoms with Gasteiger partial charge in [0.2, 0.25) is 0 Å². The molecule has 0 aromatic carbocycles. The van der Waals surface area contributed by atoms with Gasteiger partial charge in [0.15, 0.2) is 0 Å². The molecule has 5 rings (SSSR count). The number of rotatable bonds is 8. The summed E-state index contributed by atoms with van der Waals surface area (Å²) in [7, 11) is 0. The molecule has 0 aromatic heterocycles. The van der Waals surface area contributed by atoms with Gasteiger partial charge >= 0.3 is 0 Å². The summed E-state index contributed by atoms with van der Waals surface area (Å²) in [6.45, 7) is 16.1. The van der Waals surface area contributed by atoms with Crippen molar-refractivity contribution in [3.8, 4) is 0 Å². The predicted molar refractivity (Wildman–Crippen MR) is 145 cm³/mol. The SMILES string of the molecule is C[C@H](CCCC(C)(C)O)[C@H]1CC[C@H]2[C@@H]3CC[C@H]4[C@@H](O)[C@@H](OCC5(C)COC5)CC[C@]4(C)[C@H]3CC[C@]12C. The Morgan fingerprint density at radius 3 is 2.25 bits per heavy atom. The van der Waals surface area contributed by atoms with Gasteiger partial charge < -0.3 is 19.7 Å². The van der Waals surface area contributed by atoms with Crippen molar-refractivity contribution in [1.82, 2.24) is 0 Å². The molecule has 4 heteroatoms. The van der Waals surface area contributed by atoms with Crippen LogP contribution in [0.2, 0.25) is 0 Å². The third-order valence-corrected chi connectivity index (χ3v) is 12.5. The fourth-order valence-electron chi connectivity index (χ4n) is 10.4. The molecule has 36 heavy (non-hydrogen) atoms. The van der Waals surface area contributed by atoms with Crippen molar-refractivity contribution in [3.05, 3.63) is 0 Å². The summed E-state index contributed by atoms with van der Waals surface area (Å²) in [6.07, 6.45) is 13.2. The van der Waals surface area contributed by atoms with Crippen LogP contribution in [0, 0.1) is 51.8 Å². The topological polar surface area (TPSA) is 58.9 Å². The molecule has 1 heterocycles. The predicted octanol–water partition coefficient (Wildman–Crippen LogP) is 6.62. The average Bonchev–Trinajstić information content (AvgIpc) is 3.14. The zero-order valence-corrected chi connectivity index (χ0v) is 24.2. The number of fused-ring (bicyclic) bond motifs is 5. The maximum absolute atomic E-state index is 11.5.